The summed E-state index contributed by atoms with van der Waals surface area (Å²) in [4.78, 5) is 24.1. The summed E-state index contributed by atoms with van der Waals surface area (Å²) in [6.07, 6.45) is 0.0970. The molecule has 6 heteroatoms. The predicted octanol–water partition coefficient (Wildman–Crippen LogP) is -1.14. The van der Waals surface area contributed by atoms with Crippen LogP contribution in [0.5, 0.6) is 0 Å². The van der Waals surface area contributed by atoms with E-state index in [0.29, 0.717) is 13.0 Å². The molecule has 0 aromatic rings. The Hall–Kier alpha value is -1.61. The van der Waals surface area contributed by atoms with E-state index in [4.69, 9.17) is 5.26 Å². The second kappa shape index (κ2) is 5.47. The van der Waals surface area contributed by atoms with Crippen LogP contribution in [0.2, 0.25) is 0 Å². The lowest BCUT2D eigenvalue weighted by Gasteiger charge is -2.33. The molecule has 1 rings (SSSR count). The number of nitrogens with one attached hydrogen (secondary N) is 1. The molecule has 2 unspecified atom stereocenters. The fraction of sp³-hybridized carbons (Fsp3) is 0.700. The molecule has 0 aromatic carbocycles. The van der Waals surface area contributed by atoms with Gasteiger partial charge in [-0.25, -0.2) is 0 Å². The minimum Gasteiger partial charge on any atom is -0.391 e. The van der Waals surface area contributed by atoms with Crippen LogP contribution < -0.4 is 5.32 Å². The summed E-state index contributed by atoms with van der Waals surface area (Å²) in [5, 5.41) is 20.0. The van der Waals surface area contributed by atoms with Crippen LogP contribution in [0.3, 0.4) is 0 Å². The Morgan fingerprint density at radius 3 is 2.88 bits per heavy atom. The fourth-order valence-corrected chi connectivity index (χ4v) is 1.57. The number of piperidine rings is 1. The first-order chi connectivity index (χ1) is 7.56. The zero-order valence-corrected chi connectivity index (χ0v) is 9.14. The van der Waals surface area contributed by atoms with E-state index in [1.165, 1.54) is 4.90 Å². The number of carbonyl (C=O) groups excluding carboxylic acids is 2. The highest BCUT2D eigenvalue weighted by Gasteiger charge is 2.30. The molecule has 2 amide bonds. The summed E-state index contributed by atoms with van der Waals surface area (Å²) >= 11 is 0. The standard InChI is InChI=1S/C10H15N3O3/c1-7-2-5-13(6-8(7)14)10(16)9(15)12-4-3-11/h7-8,14H,2,4-6H2,1H3,(H,12,15). The van der Waals surface area contributed by atoms with Crippen molar-refractivity contribution in [2.75, 3.05) is 19.6 Å². The zero-order chi connectivity index (χ0) is 12.1. The van der Waals surface area contributed by atoms with Gasteiger partial charge in [-0.15, -0.1) is 0 Å². The van der Waals surface area contributed by atoms with E-state index in [1.807, 2.05) is 6.92 Å². The van der Waals surface area contributed by atoms with Crippen LogP contribution in [-0.2, 0) is 9.59 Å². The SMILES string of the molecule is CC1CCN(C(=O)C(=O)NCC#N)CC1O. The highest BCUT2D eigenvalue weighted by Crippen LogP contribution is 2.16. The van der Waals surface area contributed by atoms with Gasteiger partial charge in [0.05, 0.1) is 12.2 Å². The molecule has 0 radical (unpaired) electrons. The molecule has 88 valence electrons. The lowest BCUT2D eigenvalue weighted by Crippen LogP contribution is -2.50. The molecular weight excluding hydrogens is 210 g/mol. The number of rotatable bonds is 1. The first kappa shape index (κ1) is 12.5. The Bertz CT molecular complexity index is 324. The third kappa shape index (κ3) is 2.94. The Labute approximate surface area is 93.8 Å². The molecular formula is C10H15N3O3. The van der Waals surface area contributed by atoms with Crippen molar-refractivity contribution in [3.63, 3.8) is 0 Å². The largest absolute Gasteiger partial charge is 0.391 e. The van der Waals surface area contributed by atoms with E-state index in [2.05, 4.69) is 5.32 Å². The number of aliphatic hydroxyl groups excluding tert-OH is 1. The van der Waals surface area contributed by atoms with Gasteiger partial charge in [0.2, 0.25) is 0 Å². The molecule has 1 heterocycles. The van der Waals surface area contributed by atoms with Crippen molar-refractivity contribution in [2.24, 2.45) is 5.92 Å². The summed E-state index contributed by atoms with van der Waals surface area (Å²) in [6.45, 7) is 2.37. The van der Waals surface area contributed by atoms with Crippen LogP contribution in [0.25, 0.3) is 0 Å². The van der Waals surface area contributed by atoms with Crippen molar-refractivity contribution in [1.82, 2.24) is 10.2 Å². The van der Waals surface area contributed by atoms with Crippen LogP contribution >= 0.6 is 0 Å². The number of nitrogens with zero attached hydrogens (tertiary/aromatic N) is 2. The highest BCUT2D eigenvalue weighted by atomic mass is 16.3. The molecule has 1 aliphatic heterocycles. The second-order valence-electron chi connectivity index (χ2n) is 3.93. The van der Waals surface area contributed by atoms with Gasteiger partial charge >= 0.3 is 11.8 Å². The Balaban J connectivity index is 2.49. The number of β-amino-alcohol motifs (C(OH)–C–C–N with tert-alkyl or cyclic N) is 1. The number of hydrogen-bond donors (Lipinski definition) is 2. The Kier molecular flexibility index (Phi) is 4.26. The zero-order valence-electron chi connectivity index (χ0n) is 9.14. The molecule has 2 atom stereocenters. The summed E-state index contributed by atoms with van der Waals surface area (Å²) < 4.78 is 0. The van der Waals surface area contributed by atoms with Crippen LogP contribution in [0.1, 0.15) is 13.3 Å². The number of amides is 2. The van der Waals surface area contributed by atoms with Crippen molar-refractivity contribution >= 4 is 11.8 Å². The van der Waals surface area contributed by atoms with Gasteiger partial charge in [-0.3, -0.25) is 9.59 Å². The van der Waals surface area contributed by atoms with Crippen LogP contribution in [0.4, 0.5) is 0 Å². The lowest BCUT2D eigenvalue weighted by molar-refractivity contribution is -0.148. The smallest absolute Gasteiger partial charge is 0.311 e. The van der Waals surface area contributed by atoms with Crippen LogP contribution in [0, 0.1) is 17.2 Å². The second-order valence-corrected chi connectivity index (χ2v) is 3.93. The monoisotopic (exact) mass is 225 g/mol. The molecule has 0 saturated carbocycles. The van der Waals surface area contributed by atoms with Crippen LogP contribution in [-0.4, -0.2) is 47.6 Å². The van der Waals surface area contributed by atoms with E-state index in [9.17, 15) is 14.7 Å². The first-order valence-electron chi connectivity index (χ1n) is 5.18. The van der Waals surface area contributed by atoms with E-state index < -0.39 is 17.9 Å². The predicted molar refractivity (Wildman–Crippen MR) is 55.0 cm³/mol. The quantitative estimate of drug-likeness (QED) is 0.435. The number of likely N-dealkylation sites (tertiary alicyclic amines) is 1. The van der Waals surface area contributed by atoms with Gasteiger partial charge < -0.3 is 15.3 Å². The summed E-state index contributed by atoms with van der Waals surface area (Å²) in [7, 11) is 0. The van der Waals surface area contributed by atoms with Gasteiger partial charge in [0.15, 0.2) is 0 Å². The average molecular weight is 225 g/mol. The van der Waals surface area contributed by atoms with Gasteiger partial charge in [-0.2, -0.15) is 5.26 Å². The lowest BCUT2D eigenvalue weighted by atomic mass is 9.96. The minimum atomic E-state index is -0.789. The Morgan fingerprint density at radius 2 is 2.31 bits per heavy atom. The Morgan fingerprint density at radius 1 is 1.62 bits per heavy atom. The van der Waals surface area contributed by atoms with E-state index in [1.54, 1.807) is 6.07 Å². The summed E-state index contributed by atoms with van der Waals surface area (Å²) in [5.74, 6) is -1.32. The third-order valence-electron chi connectivity index (χ3n) is 2.73. The summed E-state index contributed by atoms with van der Waals surface area (Å²) in [6, 6.07) is 1.72. The van der Waals surface area contributed by atoms with Gasteiger partial charge in [0, 0.05) is 13.1 Å². The maximum atomic E-state index is 11.5. The molecule has 1 saturated heterocycles. The maximum absolute atomic E-state index is 11.5. The third-order valence-corrected chi connectivity index (χ3v) is 2.73. The van der Waals surface area contributed by atoms with Gasteiger partial charge in [-0.05, 0) is 12.3 Å². The molecule has 0 bridgehead atoms. The first-order valence-corrected chi connectivity index (χ1v) is 5.18. The molecule has 1 aliphatic rings. The number of aliphatic hydroxyl groups is 1. The van der Waals surface area contributed by atoms with Crippen molar-refractivity contribution in [2.45, 2.75) is 19.4 Å². The van der Waals surface area contributed by atoms with Crippen LogP contribution in [0.15, 0.2) is 0 Å². The highest BCUT2D eigenvalue weighted by molar-refractivity contribution is 6.35. The molecule has 6 nitrogen and oxygen atoms in total. The van der Waals surface area contributed by atoms with Gasteiger partial charge in [-0.1, -0.05) is 6.92 Å². The molecule has 2 N–H and O–H groups in total. The van der Waals surface area contributed by atoms with Crippen molar-refractivity contribution in [3.05, 3.63) is 0 Å². The normalized spacial score (nSPS) is 24.7. The van der Waals surface area contributed by atoms with E-state index in [-0.39, 0.29) is 19.0 Å². The molecule has 0 aliphatic carbocycles. The van der Waals surface area contributed by atoms with E-state index in [0.717, 1.165) is 0 Å². The summed E-state index contributed by atoms with van der Waals surface area (Å²) in [5.41, 5.74) is 0. The van der Waals surface area contributed by atoms with E-state index >= 15 is 0 Å². The number of carbonyl (C=O) groups is 2. The van der Waals surface area contributed by atoms with Crippen molar-refractivity contribution in [1.29, 1.82) is 5.26 Å². The van der Waals surface area contributed by atoms with Crippen molar-refractivity contribution < 1.29 is 14.7 Å². The number of nitriles is 1. The molecule has 1 fully saturated rings. The van der Waals surface area contributed by atoms with Gasteiger partial charge in [0.1, 0.15) is 6.54 Å². The number of hydrogen-bond acceptors (Lipinski definition) is 4. The fourth-order valence-electron chi connectivity index (χ4n) is 1.57. The van der Waals surface area contributed by atoms with Gasteiger partial charge in [0.25, 0.3) is 0 Å². The van der Waals surface area contributed by atoms with Crippen molar-refractivity contribution in [3.8, 4) is 6.07 Å². The molecule has 0 aromatic heterocycles. The minimum absolute atomic E-state index is 0.145. The maximum Gasteiger partial charge on any atom is 0.311 e. The topological polar surface area (TPSA) is 93.4 Å². The molecule has 0 spiro atoms. The average Bonchev–Trinajstić information content (AvgIpc) is 2.28. The molecule has 16 heavy (non-hydrogen) atoms.